The van der Waals surface area contributed by atoms with E-state index in [0.29, 0.717) is 12.1 Å². The molecule has 0 aliphatic rings. The van der Waals surface area contributed by atoms with Gasteiger partial charge in [-0.15, -0.1) is 0 Å². The Bertz CT molecular complexity index is 912. The molecule has 5 nitrogen and oxygen atoms in total. The highest BCUT2D eigenvalue weighted by atomic mass is 16.1. The van der Waals surface area contributed by atoms with Crippen LogP contribution in [0.25, 0.3) is 11.0 Å². The molecular formula is C21H24N4O. The monoisotopic (exact) mass is 348 g/mol. The van der Waals surface area contributed by atoms with Gasteiger partial charge in [-0.25, -0.2) is 4.98 Å². The number of aldehydes is 1. The first-order valence-corrected chi connectivity index (χ1v) is 8.45. The van der Waals surface area contributed by atoms with E-state index >= 15 is 0 Å². The van der Waals surface area contributed by atoms with Crippen molar-refractivity contribution in [3.05, 3.63) is 59.9 Å². The lowest BCUT2D eigenvalue weighted by atomic mass is 10.0. The summed E-state index contributed by atoms with van der Waals surface area (Å²) in [6.45, 7) is 6.27. The Balaban J connectivity index is 0.000000352. The summed E-state index contributed by atoms with van der Waals surface area (Å²) in [4.78, 5) is 14.4. The number of anilines is 1. The Hall–Kier alpha value is -3.13. The Morgan fingerprint density at radius 2 is 1.77 bits per heavy atom. The largest absolute Gasteiger partial charge is 0.378 e. The smallest absolute Gasteiger partial charge is 0.128 e. The van der Waals surface area contributed by atoms with Crippen LogP contribution in [0.15, 0.2) is 48.5 Å². The van der Waals surface area contributed by atoms with Crippen molar-refractivity contribution in [1.29, 1.82) is 5.26 Å². The number of imidazole rings is 1. The van der Waals surface area contributed by atoms with Crippen molar-refractivity contribution < 1.29 is 4.79 Å². The van der Waals surface area contributed by atoms with Gasteiger partial charge in [0.25, 0.3) is 0 Å². The molecule has 0 aliphatic carbocycles. The molecule has 5 heteroatoms. The van der Waals surface area contributed by atoms with Gasteiger partial charge in [0.2, 0.25) is 0 Å². The number of fused-ring (bicyclic) bond motifs is 1. The molecule has 0 fully saturated rings. The van der Waals surface area contributed by atoms with E-state index in [2.05, 4.69) is 27.0 Å². The zero-order chi connectivity index (χ0) is 19.2. The molecule has 0 aliphatic heterocycles. The number of nitrogens with one attached hydrogen (secondary N) is 1. The second kappa shape index (κ2) is 8.30. The van der Waals surface area contributed by atoms with Crippen molar-refractivity contribution in [3.63, 3.8) is 0 Å². The second-order valence-corrected chi connectivity index (χ2v) is 7.10. The van der Waals surface area contributed by atoms with Crippen molar-refractivity contribution in [2.24, 2.45) is 12.5 Å². The van der Waals surface area contributed by atoms with Gasteiger partial charge in [-0.05, 0) is 36.4 Å². The van der Waals surface area contributed by atoms with Crippen LogP contribution in [0.3, 0.4) is 0 Å². The third kappa shape index (κ3) is 5.18. The lowest BCUT2D eigenvalue weighted by Gasteiger charge is -2.06. The van der Waals surface area contributed by atoms with E-state index in [1.165, 1.54) is 0 Å². The van der Waals surface area contributed by atoms with Gasteiger partial charge in [-0.3, -0.25) is 0 Å². The number of hydrogen-bond donors (Lipinski definition) is 1. The number of aryl methyl sites for hydroxylation is 1. The van der Waals surface area contributed by atoms with Crippen molar-refractivity contribution in [2.75, 3.05) is 5.32 Å². The zero-order valence-corrected chi connectivity index (χ0v) is 15.7. The lowest BCUT2D eigenvalue weighted by Crippen LogP contribution is -2.05. The Kier molecular flexibility index (Phi) is 6.13. The molecule has 0 amide bonds. The summed E-state index contributed by atoms with van der Waals surface area (Å²) in [5, 5.41) is 12.1. The standard InChI is InChI=1S/C16H14N4.C5H10O/c1-20-15-5-3-2-4-14(15)19-16(20)11-18-13-8-6-12(10-17)7-9-13;1-5(2,3)4-6/h2-9,18H,11H2,1H3;4H,1-3H3. The molecule has 0 saturated carbocycles. The van der Waals surface area contributed by atoms with Crippen LogP contribution in [0.1, 0.15) is 32.2 Å². The fraction of sp³-hybridized carbons (Fsp3) is 0.286. The maximum atomic E-state index is 9.83. The maximum Gasteiger partial charge on any atom is 0.128 e. The Labute approximate surface area is 154 Å². The van der Waals surface area contributed by atoms with Crippen molar-refractivity contribution in [2.45, 2.75) is 27.3 Å². The highest BCUT2D eigenvalue weighted by Crippen LogP contribution is 2.16. The van der Waals surface area contributed by atoms with E-state index < -0.39 is 0 Å². The molecule has 3 rings (SSSR count). The number of hydrogen-bond acceptors (Lipinski definition) is 4. The van der Waals surface area contributed by atoms with Crippen LogP contribution in [-0.2, 0) is 18.4 Å². The van der Waals surface area contributed by atoms with Crippen molar-refractivity contribution >= 4 is 23.0 Å². The molecule has 0 unspecified atom stereocenters. The van der Waals surface area contributed by atoms with Crippen LogP contribution in [0.2, 0.25) is 0 Å². The third-order valence-electron chi connectivity index (χ3n) is 3.70. The third-order valence-corrected chi connectivity index (χ3v) is 3.70. The summed E-state index contributed by atoms with van der Waals surface area (Å²) in [6, 6.07) is 17.6. The summed E-state index contributed by atoms with van der Waals surface area (Å²) < 4.78 is 2.09. The maximum absolute atomic E-state index is 9.83. The molecule has 0 spiro atoms. The van der Waals surface area contributed by atoms with Crippen LogP contribution in [0.5, 0.6) is 0 Å². The van der Waals surface area contributed by atoms with E-state index in [1.807, 2.05) is 58.2 Å². The molecule has 0 radical (unpaired) electrons. The van der Waals surface area contributed by atoms with Crippen molar-refractivity contribution in [3.8, 4) is 6.07 Å². The van der Waals surface area contributed by atoms with Gasteiger partial charge in [-0.1, -0.05) is 32.9 Å². The van der Waals surface area contributed by atoms with Crippen LogP contribution in [0.4, 0.5) is 5.69 Å². The van der Waals surface area contributed by atoms with Crippen LogP contribution >= 0.6 is 0 Å². The number of para-hydroxylation sites is 2. The number of aromatic nitrogens is 2. The van der Waals surface area contributed by atoms with E-state index in [0.717, 1.165) is 28.8 Å². The average molecular weight is 348 g/mol. The summed E-state index contributed by atoms with van der Waals surface area (Å²) in [6.07, 6.45) is 0.938. The SMILES string of the molecule is CC(C)(C)C=O.Cn1c(CNc2ccc(C#N)cc2)nc2ccccc21. The minimum atomic E-state index is -0.139. The molecular weight excluding hydrogens is 324 g/mol. The van der Waals surface area contributed by atoms with Crippen LogP contribution in [-0.4, -0.2) is 15.8 Å². The van der Waals surface area contributed by atoms with Gasteiger partial charge < -0.3 is 14.7 Å². The summed E-state index contributed by atoms with van der Waals surface area (Å²) in [5.41, 5.74) is 3.64. The molecule has 3 aromatic rings. The number of nitrogens with zero attached hydrogens (tertiary/aromatic N) is 3. The molecule has 0 bridgehead atoms. The van der Waals surface area contributed by atoms with Gasteiger partial charge >= 0.3 is 0 Å². The number of carbonyl (C=O) groups is 1. The van der Waals surface area contributed by atoms with E-state index in [1.54, 1.807) is 12.1 Å². The van der Waals surface area contributed by atoms with Crippen LogP contribution in [0, 0.1) is 16.7 Å². The van der Waals surface area contributed by atoms with E-state index in [4.69, 9.17) is 5.26 Å². The first-order chi connectivity index (χ1) is 12.3. The Morgan fingerprint density at radius 1 is 1.15 bits per heavy atom. The fourth-order valence-corrected chi connectivity index (χ4v) is 2.20. The van der Waals surface area contributed by atoms with E-state index in [-0.39, 0.29) is 5.41 Å². The predicted molar refractivity (Wildman–Crippen MR) is 105 cm³/mol. The van der Waals surface area contributed by atoms with E-state index in [9.17, 15) is 4.79 Å². The highest BCUT2D eigenvalue weighted by Gasteiger charge is 2.06. The molecule has 0 atom stereocenters. The van der Waals surface area contributed by atoms with Crippen LogP contribution < -0.4 is 5.32 Å². The quantitative estimate of drug-likeness (QED) is 0.717. The number of carbonyl (C=O) groups excluding carboxylic acids is 1. The summed E-state index contributed by atoms with van der Waals surface area (Å²) in [5.74, 6) is 0.982. The zero-order valence-electron chi connectivity index (χ0n) is 15.7. The lowest BCUT2D eigenvalue weighted by molar-refractivity contribution is -0.113. The number of benzene rings is 2. The number of rotatable bonds is 3. The Morgan fingerprint density at radius 3 is 2.31 bits per heavy atom. The minimum absolute atomic E-state index is 0.139. The molecule has 1 aromatic heterocycles. The van der Waals surface area contributed by atoms with Gasteiger partial charge in [0, 0.05) is 18.2 Å². The van der Waals surface area contributed by atoms with Gasteiger partial charge in [0.15, 0.2) is 0 Å². The van der Waals surface area contributed by atoms with Gasteiger partial charge in [0.1, 0.15) is 12.1 Å². The highest BCUT2D eigenvalue weighted by molar-refractivity contribution is 5.75. The molecule has 0 saturated heterocycles. The van der Waals surface area contributed by atoms with Gasteiger partial charge in [-0.2, -0.15) is 5.26 Å². The average Bonchev–Trinajstić information content (AvgIpc) is 2.96. The normalized spacial score (nSPS) is 10.6. The molecule has 2 aromatic carbocycles. The molecule has 1 heterocycles. The summed E-state index contributed by atoms with van der Waals surface area (Å²) in [7, 11) is 2.02. The fourth-order valence-electron chi connectivity index (χ4n) is 2.20. The molecule has 134 valence electrons. The molecule has 1 N–H and O–H groups in total. The number of nitriles is 1. The topological polar surface area (TPSA) is 70.7 Å². The second-order valence-electron chi connectivity index (χ2n) is 7.10. The first-order valence-electron chi connectivity index (χ1n) is 8.45. The predicted octanol–water partition coefficient (Wildman–Crippen LogP) is 4.29. The summed E-state index contributed by atoms with van der Waals surface area (Å²) >= 11 is 0. The molecule has 26 heavy (non-hydrogen) atoms. The van der Waals surface area contributed by atoms with Gasteiger partial charge in [0.05, 0.1) is 29.2 Å². The minimum Gasteiger partial charge on any atom is -0.378 e. The first kappa shape index (κ1) is 19.2. The van der Waals surface area contributed by atoms with Crippen molar-refractivity contribution in [1.82, 2.24) is 9.55 Å².